The van der Waals surface area contributed by atoms with Crippen molar-refractivity contribution in [1.82, 2.24) is 0 Å². The van der Waals surface area contributed by atoms with Gasteiger partial charge in [0.1, 0.15) is 6.10 Å². The Hall–Kier alpha value is -1.06. The molecule has 4 heteroatoms. The Labute approximate surface area is 185 Å². The van der Waals surface area contributed by atoms with E-state index in [0.717, 1.165) is 44.4 Å². The number of unbranched alkanes of at least 4 members (excludes halogenated alkanes) is 6. The highest BCUT2D eigenvalue weighted by molar-refractivity contribution is 5.81. The van der Waals surface area contributed by atoms with Gasteiger partial charge in [-0.25, -0.2) is 0 Å². The van der Waals surface area contributed by atoms with Crippen molar-refractivity contribution < 1.29 is 19.4 Å². The summed E-state index contributed by atoms with van der Waals surface area (Å²) in [6.07, 6.45) is 16.1. The fourth-order valence-corrected chi connectivity index (χ4v) is 4.55. The quantitative estimate of drug-likeness (QED) is 0.207. The fraction of sp³-hybridized carbons (Fsp3) is 0.923. The molecule has 0 aromatic rings. The molecule has 30 heavy (non-hydrogen) atoms. The maximum atomic E-state index is 12.8. The lowest BCUT2D eigenvalue weighted by molar-refractivity contribution is -0.164. The molecular weight excluding hydrogens is 376 g/mol. The summed E-state index contributed by atoms with van der Waals surface area (Å²) in [6, 6.07) is 0. The Morgan fingerprint density at radius 3 is 1.77 bits per heavy atom. The van der Waals surface area contributed by atoms with Gasteiger partial charge in [0.2, 0.25) is 0 Å². The molecule has 1 N–H and O–H groups in total. The molecule has 1 aliphatic carbocycles. The molecule has 0 aromatic carbocycles. The molecule has 0 aliphatic heterocycles. The average Bonchev–Trinajstić information content (AvgIpc) is 2.70. The zero-order chi connectivity index (χ0) is 22.4. The van der Waals surface area contributed by atoms with E-state index in [2.05, 4.69) is 27.7 Å². The first kappa shape index (κ1) is 27.0. The minimum atomic E-state index is -0.844. The molecule has 0 spiro atoms. The van der Waals surface area contributed by atoms with Gasteiger partial charge in [0, 0.05) is 0 Å². The Bertz CT molecular complexity index is 472. The summed E-state index contributed by atoms with van der Waals surface area (Å²) in [6.45, 7) is 8.97. The van der Waals surface area contributed by atoms with E-state index in [1.54, 1.807) is 0 Å². The van der Waals surface area contributed by atoms with Crippen LogP contribution >= 0.6 is 0 Å². The SMILES string of the molecule is CC(C)CCCCCCCCCC(CCC(C)C)OC(=O)C1CCCCC1C(=O)O. The van der Waals surface area contributed by atoms with Crippen molar-refractivity contribution in [3.8, 4) is 0 Å². The van der Waals surface area contributed by atoms with E-state index in [9.17, 15) is 14.7 Å². The first-order valence-corrected chi connectivity index (χ1v) is 12.7. The van der Waals surface area contributed by atoms with E-state index in [0.29, 0.717) is 18.8 Å². The third kappa shape index (κ3) is 12.0. The van der Waals surface area contributed by atoms with Crippen LogP contribution in [0.2, 0.25) is 0 Å². The zero-order valence-electron chi connectivity index (χ0n) is 20.2. The van der Waals surface area contributed by atoms with E-state index in [1.165, 1.54) is 44.9 Å². The molecule has 0 bridgehead atoms. The third-order valence-corrected chi connectivity index (χ3v) is 6.54. The second-order valence-corrected chi connectivity index (χ2v) is 10.3. The normalized spacial score (nSPS) is 20.5. The Morgan fingerprint density at radius 1 is 0.733 bits per heavy atom. The van der Waals surface area contributed by atoms with Crippen LogP contribution in [0.5, 0.6) is 0 Å². The van der Waals surface area contributed by atoms with Gasteiger partial charge < -0.3 is 9.84 Å². The van der Waals surface area contributed by atoms with Gasteiger partial charge in [0.15, 0.2) is 0 Å². The molecule has 0 amide bonds. The van der Waals surface area contributed by atoms with Crippen molar-refractivity contribution in [2.24, 2.45) is 23.7 Å². The summed E-state index contributed by atoms with van der Waals surface area (Å²) in [5, 5.41) is 9.46. The van der Waals surface area contributed by atoms with Crippen molar-refractivity contribution >= 4 is 11.9 Å². The Morgan fingerprint density at radius 2 is 1.23 bits per heavy atom. The first-order chi connectivity index (χ1) is 14.3. The van der Waals surface area contributed by atoms with Crippen LogP contribution in [-0.2, 0) is 14.3 Å². The van der Waals surface area contributed by atoms with E-state index in [1.807, 2.05) is 0 Å². The fourth-order valence-electron chi connectivity index (χ4n) is 4.55. The van der Waals surface area contributed by atoms with Crippen molar-refractivity contribution in [3.05, 3.63) is 0 Å². The monoisotopic (exact) mass is 424 g/mol. The smallest absolute Gasteiger partial charge is 0.310 e. The molecule has 0 radical (unpaired) electrons. The highest BCUT2D eigenvalue weighted by atomic mass is 16.5. The van der Waals surface area contributed by atoms with Crippen LogP contribution < -0.4 is 0 Å². The molecule has 0 heterocycles. The van der Waals surface area contributed by atoms with E-state index in [-0.39, 0.29) is 12.1 Å². The van der Waals surface area contributed by atoms with Gasteiger partial charge >= 0.3 is 11.9 Å². The number of hydrogen-bond donors (Lipinski definition) is 1. The second kappa shape index (κ2) is 15.7. The number of rotatable bonds is 16. The van der Waals surface area contributed by atoms with Crippen LogP contribution in [0.25, 0.3) is 0 Å². The van der Waals surface area contributed by atoms with Gasteiger partial charge in [-0.05, 0) is 50.4 Å². The Kier molecular flexibility index (Phi) is 14.1. The number of carbonyl (C=O) groups is 2. The molecule has 4 nitrogen and oxygen atoms in total. The molecular formula is C26H48O4. The highest BCUT2D eigenvalue weighted by Crippen LogP contribution is 2.32. The van der Waals surface area contributed by atoms with Crippen LogP contribution in [0.15, 0.2) is 0 Å². The van der Waals surface area contributed by atoms with Gasteiger partial charge in [-0.15, -0.1) is 0 Å². The predicted molar refractivity (Wildman–Crippen MR) is 123 cm³/mol. The average molecular weight is 425 g/mol. The van der Waals surface area contributed by atoms with Gasteiger partial charge in [-0.3, -0.25) is 9.59 Å². The van der Waals surface area contributed by atoms with E-state index in [4.69, 9.17) is 4.74 Å². The molecule has 1 rings (SSSR count). The number of esters is 1. The number of carboxylic acids is 1. The second-order valence-electron chi connectivity index (χ2n) is 10.3. The van der Waals surface area contributed by atoms with Gasteiger partial charge in [-0.1, -0.05) is 85.5 Å². The lowest BCUT2D eigenvalue weighted by Gasteiger charge is -2.29. The van der Waals surface area contributed by atoms with Crippen LogP contribution in [0.4, 0.5) is 0 Å². The summed E-state index contributed by atoms with van der Waals surface area (Å²) in [4.78, 5) is 24.3. The third-order valence-electron chi connectivity index (χ3n) is 6.54. The predicted octanol–water partition coefficient (Wildman–Crippen LogP) is 7.39. The number of hydrogen-bond acceptors (Lipinski definition) is 3. The first-order valence-electron chi connectivity index (χ1n) is 12.7. The summed E-state index contributed by atoms with van der Waals surface area (Å²) < 4.78 is 5.90. The molecule has 0 saturated heterocycles. The Balaban J connectivity index is 2.36. The van der Waals surface area contributed by atoms with Crippen molar-refractivity contribution in [2.75, 3.05) is 0 Å². The van der Waals surface area contributed by atoms with Crippen LogP contribution in [0.3, 0.4) is 0 Å². The summed E-state index contributed by atoms with van der Waals surface area (Å²) >= 11 is 0. The largest absolute Gasteiger partial charge is 0.481 e. The molecule has 1 fully saturated rings. The van der Waals surface area contributed by atoms with Gasteiger partial charge in [0.05, 0.1) is 11.8 Å². The number of ether oxygens (including phenoxy) is 1. The summed E-state index contributed by atoms with van der Waals surface area (Å²) in [7, 11) is 0. The highest BCUT2D eigenvalue weighted by Gasteiger charge is 2.37. The molecule has 1 saturated carbocycles. The number of aliphatic carboxylic acids is 1. The molecule has 1 aliphatic rings. The number of carbonyl (C=O) groups excluding carboxylic acids is 1. The standard InChI is InChI=1S/C26H48O4/c1-20(2)14-10-8-6-5-7-9-11-15-22(19-18-21(3)4)30-26(29)24-17-13-12-16-23(24)25(27)28/h20-24H,5-19H2,1-4H3,(H,27,28). The summed E-state index contributed by atoms with van der Waals surface area (Å²) in [5.74, 6) is -0.727. The van der Waals surface area contributed by atoms with Crippen LogP contribution in [-0.4, -0.2) is 23.1 Å². The van der Waals surface area contributed by atoms with E-state index < -0.39 is 17.8 Å². The lowest BCUT2D eigenvalue weighted by atomic mass is 9.79. The minimum absolute atomic E-state index is 0.0534. The number of carboxylic acid groups (broad SMARTS) is 1. The minimum Gasteiger partial charge on any atom is -0.481 e. The van der Waals surface area contributed by atoms with Gasteiger partial charge in [0.25, 0.3) is 0 Å². The molecule has 3 atom stereocenters. The van der Waals surface area contributed by atoms with E-state index >= 15 is 0 Å². The van der Waals surface area contributed by atoms with Crippen molar-refractivity contribution in [1.29, 1.82) is 0 Å². The zero-order valence-corrected chi connectivity index (χ0v) is 20.2. The molecule has 176 valence electrons. The topological polar surface area (TPSA) is 63.6 Å². The van der Waals surface area contributed by atoms with Gasteiger partial charge in [-0.2, -0.15) is 0 Å². The maximum absolute atomic E-state index is 12.8. The summed E-state index contributed by atoms with van der Waals surface area (Å²) in [5.41, 5.74) is 0. The van der Waals surface area contributed by atoms with Crippen molar-refractivity contribution in [3.63, 3.8) is 0 Å². The molecule has 3 unspecified atom stereocenters. The maximum Gasteiger partial charge on any atom is 0.310 e. The van der Waals surface area contributed by atoms with Crippen LogP contribution in [0.1, 0.15) is 124 Å². The molecule has 0 aromatic heterocycles. The van der Waals surface area contributed by atoms with Crippen molar-refractivity contribution in [2.45, 2.75) is 130 Å². The lowest BCUT2D eigenvalue weighted by Crippen LogP contribution is -2.35. The van der Waals surface area contributed by atoms with Crippen LogP contribution in [0, 0.1) is 23.7 Å².